The summed E-state index contributed by atoms with van der Waals surface area (Å²) in [5, 5.41) is 8.48. The Balaban J connectivity index is 1.61. The molecule has 9 nitrogen and oxygen atoms in total. The van der Waals surface area contributed by atoms with Crippen LogP contribution in [0, 0.1) is 0 Å². The van der Waals surface area contributed by atoms with Crippen LogP contribution in [0.15, 0.2) is 18.3 Å². The van der Waals surface area contributed by atoms with Crippen LogP contribution in [0.25, 0.3) is 22.2 Å². The molecule has 2 aromatic heterocycles. The van der Waals surface area contributed by atoms with Crippen LogP contribution in [0.5, 0.6) is 11.5 Å². The lowest BCUT2D eigenvalue weighted by Crippen LogP contribution is -2.30. The van der Waals surface area contributed by atoms with Gasteiger partial charge in [-0.1, -0.05) is 23.2 Å². The van der Waals surface area contributed by atoms with E-state index in [9.17, 15) is 0 Å². The zero-order chi connectivity index (χ0) is 25.1. The van der Waals surface area contributed by atoms with E-state index in [1.807, 2.05) is 6.07 Å². The van der Waals surface area contributed by atoms with E-state index in [-0.39, 0.29) is 12.1 Å². The lowest BCUT2D eigenvalue weighted by atomic mass is 10.1. The Morgan fingerprint density at radius 3 is 2.31 bits per heavy atom. The number of nitrogens with zero attached hydrogens (tertiary/aromatic N) is 3. The van der Waals surface area contributed by atoms with Crippen molar-refractivity contribution in [3.05, 3.63) is 28.4 Å². The summed E-state index contributed by atoms with van der Waals surface area (Å²) < 4.78 is 22.0. The van der Waals surface area contributed by atoms with Gasteiger partial charge < -0.3 is 29.6 Å². The van der Waals surface area contributed by atoms with E-state index in [4.69, 9.17) is 52.1 Å². The predicted molar refractivity (Wildman–Crippen MR) is 141 cm³/mol. The summed E-state index contributed by atoms with van der Waals surface area (Å²) in [4.78, 5) is 14.4. The predicted octanol–water partition coefficient (Wildman–Crippen LogP) is 5.20. The van der Waals surface area contributed by atoms with Gasteiger partial charge in [0.2, 0.25) is 5.95 Å². The van der Waals surface area contributed by atoms with Crippen molar-refractivity contribution in [3.63, 3.8) is 0 Å². The topological polar surface area (TPSA) is 99.7 Å². The van der Waals surface area contributed by atoms with Crippen molar-refractivity contribution in [1.29, 1.82) is 0 Å². The van der Waals surface area contributed by atoms with Crippen molar-refractivity contribution in [1.82, 2.24) is 15.0 Å². The van der Waals surface area contributed by atoms with E-state index in [1.54, 1.807) is 26.5 Å². The van der Waals surface area contributed by atoms with Gasteiger partial charge in [-0.15, -0.1) is 0 Å². The third kappa shape index (κ3) is 5.25. The molecule has 1 unspecified atom stereocenters. The number of anilines is 2. The molecule has 2 fully saturated rings. The number of rotatable bonds is 7. The lowest BCUT2D eigenvalue weighted by molar-refractivity contribution is 0.0874. The Morgan fingerprint density at radius 1 is 0.889 bits per heavy atom. The maximum Gasteiger partial charge on any atom is 0.223 e. The molecule has 1 aromatic carbocycles. The molecule has 5 rings (SSSR count). The fourth-order valence-corrected chi connectivity index (χ4v) is 5.21. The standard InChI is InChI=1S/C25H29Cl2N5O4/c1-33-18-11-19(34-2)22(27)20(21(18)26)17-10-14-12-28-25(30-16-4-3-7-36-13-16)32-23(14)24(31-17)29-15-5-8-35-9-6-15/h10-12,15-16H,3-9,13H2,1-2H3,(H,29,31)(H,28,30,32). The number of pyridine rings is 1. The average Bonchev–Trinajstić information content (AvgIpc) is 2.90. The maximum absolute atomic E-state index is 6.71. The van der Waals surface area contributed by atoms with Crippen LogP contribution in [0.3, 0.4) is 0 Å². The van der Waals surface area contributed by atoms with Crippen molar-refractivity contribution < 1.29 is 18.9 Å². The fourth-order valence-electron chi connectivity index (χ4n) is 4.52. The molecule has 0 aliphatic carbocycles. The van der Waals surface area contributed by atoms with Gasteiger partial charge in [-0.3, -0.25) is 0 Å². The average molecular weight is 534 g/mol. The first-order valence-electron chi connectivity index (χ1n) is 12.0. The van der Waals surface area contributed by atoms with E-state index in [0.717, 1.165) is 37.7 Å². The summed E-state index contributed by atoms with van der Waals surface area (Å²) in [5.41, 5.74) is 1.80. The fraction of sp³-hybridized carbons (Fsp3) is 0.480. The molecule has 0 spiro atoms. The highest BCUT2D eigenvalue weighted by atomic mass is 35.5. The Labute approximate surface area is 219 Å². The number of aromatic nitrogens is 3. The zero-order valence-electron chi connectivity index (χ0n) is 20.3. The number of fused-ring (bicyclic) bond motifs is 1. The molecule has 0 saturated carbocycles. The Kier molecular flexibility index (Phi) is 7.81. The normalized spacial score (nSPS) is 18.7. The molecule has 3 aromatic rings. The van der Waals surface area contributed by atoms with Crippen LogP contribution in [0.2, 0.25) is 10.0 Å². The van der Waals surface area contributed by atoms with Gasteiger partial charge in [0.15, 0.2) is 5.82 Å². The molecule has 2 aliphatic rings. The van der Waals surface area contributed by atoms with Crippen molar-refractivity contribution >= 4 is 45.9 Å². The minimum absolute atomic E-state index is 0.178. The molecule has 192 valence electrons. The second kappa shape index (κ2) is 11.2. The van der Waals surface area contributed by atoms with Gasteiger partial charge in [0.05, 0.1) is 42.6 Å². The van der Waals surface area contributed by atoms with Crippen LogP contribution in [-0.2, 0) is 9.47 Å². The van der Waals surface area contributed by atoms with Gasteiger partial charge in [0.1, 0.15) is 17.0 Å². The molecule has 2 N–H and O–H groups in total. The van der Waals surface area contributed by atoms with Crippen molar-refractivity contribution in [2.24, 2.45) is 0 Å². The molecule has 0 bridgehead atoms. The molecule has 4 heterocycles. The monoisotopic (exact) mass is 533 g/mol. The number of methoxy groups -OCH3 is 2. The van der Waals surface area contributed by atoms with Gasteiger partial charge >= 0.3 is 0 Å². The Morgan fingerprint density at radius 2 is 1.64 bits per heavy atom. The van der Waals surface area contributed by atoms with E-state index in [0.29, 0.717) is 69.9 Å². The van der Waals surface area contributed by atoms with Crippen molar-refractivity contribution in [3.8, 4) is 22.8 Å². The van der Waals surface area contributed by atoms with Crippen LogP contribution < -0.4 is 20.1 Å². The summed E-state index contributed by atoms with van der Waals surface area (Å²) >= 11 is 13.4. The van der Waals surface area contributed by atoms with E-state index in [2.05, 4.69) is 15.6 Å². The molecule has 36 heavy (non-hydrogen) atoms. The van der Waals surface area contributed by atoms with E-state index >= 15 is 0 Å². The zero-order valence-corrected chi connectivity index (χ0v) is 21.8. The van der Waals surface area contributed by atoms with Crippen LogP contribution in [0.1, 0.15) is 25.7 Å². The quantitative estimate of drug-likeness (QED) is 0.424. The lowest BCUT2D eigenvalue weighted by Gasteiger charge is -2.25. The molecule has 2 saturated heterocycles. The number of benzene rings is 1. The SMILES string of the molecule is COc1cc(OC)c(Cl)c(-c2cc3cnc(NC4CCCOC4)nc3c(NC3CCOCC3)n2)c1Cl. The minimum atomic E-state index is 0.178. The third-order valence-corrected chi connectivity index (χ3v) is 7.20. The maximum atomic E-state index is 6.71. The highest BCUT2D eigenvalue weighted by Crippen LogP contribution is 2.46. The van der Waals surface area contributed by atoms with E-state index < -0.39 is 0 Å². The number of hydrogen-bond acceptors (Lipinski definition) is 9. The number of halogens is 2. The summed E-state index contributed by atoms with van der Waals surface area (Å²) in [6.45, 7) is 2.83. The molecule has 2 aliphatic heterocycles. The summed E-state index contributed by atoms with van der Waals surface area (Å²) in [6, 6.07) is 3.92. The highest BCUT2D eigenvalue weighted by molar-refractivity contribution is 6.41. The third-order valence-electron chi connectivity index (χ3n) is 6.45. The molecule has 1 atom stereocenters. The van der Waals surface area contributed by atoms with Crippen LogP contribution >= 0.6 is 23.2 Å². The van der Waals surface area contributed by atoms with Gasteiger partial charge in [-0.05, 0) is 31.7 Å². The smallest absolute Gasteiger partial charge is 0.223 e. The first-order chi connectivity index (χ1) is 17.6. The summed E-state index contributed by atoms with van der Waals surface area (Å²) in [6.07, 6.45) is 5.56. The number of ether oxygens (including phenoxy) is 4. The largest absolute Gasteiger partial charge is 0.495 e. The Bertz CT molecular complexity index is 1200. The van der Waals surface area contributed by atoms with Gasteiger partial charge in [-0.25, -0.2) is 15.0 Å². The highest BCUT2D eigenvalue weighted by Gasteiger charge is 2.23. The second-order valence-electron chi connectivity index (χ2n) is 8.86. The molecule has 0 amide bonds. The molecule has 11 heteroatoms. The molecule has 0 radical (unpaired) electrons. The first-order valence-corrected chi connectivity index (χ1v) is 12.8. The van der Waals surface area contributed by atoms with Crippen molar-refractivity contribution in [2.75, 3.05) is 51.3 Å². The first kappa shape index (κ1) is 25.1. The van der Waals surface area contributed by atoms with Gasteiger partial charge in [0, 0.05) is 49.1 Å². The second-order valence-corrected chi connectivity index (χ2v) is 9.62. The van der Waals surface area contributed by atoms with Gasteiger partial charge in [-0.2, -0.15) is 0 Å². The van der Waals surface area contributed by atoms with Gasteiger partial charge in [0.25, 0.3) is 0 Å². The minimum Gasteiger partial charge on any atom is -0.495 e. The summed E-state index contributed by atoms with van der Waals surface area (Å²) in [7, 11) is 3.09. The van der Waals surface area contributed by atoms with E-state index in [1.165, 1.54) is 0 Å². The van der Waals surface area contributed by atoms with Crippen molar-refractivity contribution in [2.45, 2.75) is 37.8 Å². The summed E-state index contributed by atoms with van der Waals surface area (Å²) in [5.74, 6) is 2.06. The number of nitrogens with one attached hydrogen (secondary N) is 2. The molecular formula is C25H29Cl2N5O4. The molecular weight excluding hydrogens is 505 g/mol. The van der Waals surface area contributed by atoms with Crippen LogP contribution in [-0.4, -0.2) is 67.7 Å². The Hall–Kier alpha value is -2.59. The number of hydrogen-bond donors (Lipinski definition) is 2. The van der Waals surface area contributed by atoms with Crippen LogP contribution in [0.4, 0.5) is 11.8 Å².